The molecule has 1 saturated heterocycles. The highest BCUT2D eigenvalue weighted by Crippen LogP contribution is 2.30. The average molecular weight is 566 g/mol. The molecule has 0 saturated carbocycles. The third-order valence-corrected chi connectivity index (χ3v) is 7.97. The second-order valence-electron chi connectivity index (χ2n) is 11.1. The first-order valence-electron chi connectivity index (χ1n) is 13.9. The van der Waals surface area contributed by atoms with Gasteiger partial charge in [0.1, 0.15) is 0 Å². The van der Waals surface area contributed by atoms with Gasteiger partial charge in [0.05, 0.1) is 23.6 Å². The number of rotatable bonds is 9. The number of amides is 2. The number of nitrogens with zero attached hydrogens (tertiary/aromatic N) is 3. The van der Waals surface area contributed by atoms with Crippen LogP contribution >= 0.6 is 0 Å². The maximum atomic E-state index is 13.8. The molecule has 3 aromatic rings. The summed E-state index contributed by atoms with van der Waals surface area (Å²) in [6.07, 6.45) is -1.15. The van der Waals surface area contributed by atoms with Crippen molar-refractivity contribution in [1.82, 2.24) is 14.4 Å². The van der Waals surface area contributed by atoms with Crippen LogP contribution in [0.5, 0.6) is 0 Å². The van der Waals surface area contributed by atoms with E-state index in [0.717, 1.165) is 5.56 Å². The van der Waals surface area contributed by atoms with Crippen LogP contribution < -0.4 is 5.56 Å². The van der Waals surface area contributed by atoms with Gasteiger partial charge in [-0.2, -0.15) is 0 Å². The lowest BCUT2D eigenvalue weighted by Gasteiger charge is -2.39. The number of benzene rings is 2. The van der Waals surface area contributed by atoms with Gasteiger partial charge < -0.3 is 19.5 Å². The van der Waals surface area contributed by atoms with Gasteiger partial charge in [0.25, 0.3) is 11.5 Å². The summed E-state index contributed by atoms with van der Waals surface area (Å²) in [5, 5.41) is 11.4. The lowest BCUT2D eigenvalue weighted by atomic mass is 9.89. The van der Waals surface area contributed by atoms with E-state index in [1.165, 1.54) is 21.7 Å². The zero-order valence-electron chi connectivity index (χ0n) is 23.7. The van der Waals surface area contributed by atoms with Crippen LogP contribution in [0.1, 0.15) is 54.9 Å². The van der Waals surface area contributed by atoms with E-state index in [1.54, 1.807) is 42.3 Å². The molecule has 1 atom stereocenters. The third kappa shape index (κ3) is 7.08. The maximum Gasteiger partial charge on any atom is 0.255 e. The number of alkyl halides is 2. The van der Waals surface area contributed by atoms with Gasteiger partial charge in [-0.05, 0) is 37.8 Å². The Hall–Kier alpha value is -3.85. The van der Waals surface area contributed by atoms with Gasteiger partial charge in [-0.1, -0.05) is 60.7 Å². The molecule has 0 bridgehead atoms. The quantitative estimate of drug-likeness (QED) is 0.405. The highest BCUT2D eigenvalue weighted by Gasteiger charge is 2.36. The van der Waals surface area contributed by atoms with E-state index in [4.69, 9.17) is 0 Å². The number of carbonyl (C=O) groups excluding carboxylic acids is 2. The predicted molar refractivity (Wildman–Crippen MR) is 154 cm³/mol. The Morgan fingerprint density at radius 2 is 1.59 bits per heavy atom. The number of hydrogen-bond donors (Lipinski definition) is 1. The minimum absolute atomic E-state index is 0.0573. The van der Waals surface area contributed by atoms with E-state index in [2.05, 4.69) is 0 Å². The first-order valence-corrected chi connectivity index (χ1v) is 13.9. The minimum Gasteiger partial charge on any atom is -0.388 e. The molecule has 2 amide bonds. The molecule has 0 aliphatic carbocycles. The van der Waals surface area contributed by atoms with E-state index >= 15 is 0 Å². The third-order valence-electron chi connectivity index (χ3n) is 7.97. The number of piperidine rings is 1. The second-order valence-corrected chi connectivity index (χ2v) is 11.1. The van der Waals surface area contributed by atoms with E-state index in [-0.39, 0.29) is 56.4 Å². The first kappa shape index (κ1) is 30.1. The fourth-order valence-corrected chi connectivity index (χ4v) is 5.17. The highest BCUT2D eigenvalue weighted by atomic mass is 19.3. The van der Waals surface area contributed by atoms with Crippen molar-refractivity contribution in [2.45, 2.75) is 63.6 Å². The summed E-state index contributed by atoms with van der Waals surface area (Å²) in [4.78, 5) is 42.6. The monoisotopic (exact) mass is 565 g/mol. The zero-order chi connectivity index (χ0) is 29.7. The molecule has 1 aromatic heterocycles. The largest absolute Gasteiger partial charge is 0.388 e. The predicted octanol–water partition coefficient (Wildman–Crippen LogP) is 4.79. The van der Waals surface area contributed by atoms with Crippen molar-refractivity contribution < 1.29 is 23.5 Å². The molecule has 0 unspecified atom stereocenters. The molecule has 0 radical (unpaired) electrons. The molecule has 0 spiro atoms. The Morgan fingerprint density at radius 1 is 1.00 bits per heavy atom. The molecule has 1 aliphatic rings. The van der Waals surface area contributed by atoms with E-state index < -0.39 is 23.9 Å². The van der Waals surface area contributed by atoms with Gasteiger partial charge in [-0.3, -0.25) is 14.4 Å². The summed E-state index contributed by atoms with van der Waals surface area (Å²) in [5.41, 5.74) is 0.352. The zero-order valence-corrected chi connectivity index (χ0v) is 23.7. The minimum atomic E-state index is -2.68. The molecule has 2 heterocycles. The first-order chi connectivity index (χ1) is 19.5. The Kier molecular flexibility index (Phi) is 9.38. The summed E-state index contributed by atoms with van der Waals surface area (Å²) in [6.45, 7) is 4.10. The van der Waals surface area contributed by atoms with Gasteiger partial charge in [0.15, 0.2) is 0 Å². The molecule has 1 aliphatic heterocycles. The van der Waals surface area contributed by atoms with E-state index in [9.17, 15) is 28.3 Å². The number of pyridine rings is 1. The maximum absolute atomic E-state index is 13.8. The molecule has 218 valence electrons. The van der Waals surface area contributed by atoms with Crippen LogP contribution in [-0.2, 0) is 11.3 Å². The van der Waals surface area contributed by atoms with Crippen molar-refractivity contribution in [2.24, 2.45) is 0 Å². The van der Waals surface area contributed by atoms with Crippen LogP contribution in [0.15, 0.2) is 77.7 Å². The van der Waals surface area contributed by atoms with Crippen LogP contribution in [0, 0.1) is 0 Å². The summed E-state index contributed by atoms with van der Waals surface area (Å²) >= 11 is 0. The number of aromatic nitrogens is 1. The van der Waals surface area contributed by atoms with Gasteiger partial charge >= 0.3 is 0 Å². The Morgan fingerprint density at radius 3 is 2.15 bits per heavy atom. The molecular weight excluding hydrogens is 528 g/mol. The lowest BCUT2D eigenvalue weighted by Crippen LogP contribution is -2.50. The van der Waals surface area contributed by atoms with Crippen molar-refractivity contribution in [3.63, 3.8) is 0 Å². The van der Waals surface area contributed by atoms with Gasteiger partial charge in [0.2, 0.25) is 12.3 Å². The molecule has 9 heteroatoms. The second kappa shape index (κ2) is 12.8. The van der Waals surface area contributed by atoms with Crippen molar-refractivity contribution >= 4 is 11.8 Å². The smallest absolute Gasteiger partial charge is 0.255 e. The van der Waals surface area contributed by atoms with Crippen LogP contribution in [0.4, 0.5) is 8.78 Å². The fraction of sp³-hybridized carbons (Fsp3) is 0.406. The normalized spacial score (nSPS) is 15.7. The van der Waals surface area contributed by atoms with Crippen LogP contribution in [-0.4, -0.2) is 69.5 Å². The lowest BCUT2D eigenvalue weighted by molar-refractivity contribution is -0.137. The number of hydrogen-bond acceptors (Lipinski definition) is 4. The molecule has 7 nitrogen and oxygen atoms in total. The molecule has 2 aromatic carbocycles. The molecular formula is C32H37F2N3O4. The highest BCUT2D eigenvalue weighted by molar-refractivity contribution is 6.00. The van der Waals surface area contributed by atoms with Gasteiger partial charge in [0, 0.05) is 50.4 Å². The van der Waals surface area contributed by atoms with Crippen LogP contribution in [0.3, 0.4) is 0 Å². The SMILES string of the molecule is CC(C)N(C)C(=O)c1cn(CC2(O)CCN(C(=O)C[C@@H](c3ccccc3)C(F)F)CC2)c(=O)cc1-c1ccccc1. The van der Waals surface area contributed by atoms with Gasteiger partial charge in [-0.25, -0.2) is 8.78 Å². The van der Waals surface area contributed by atoms with Crippen LogP contribution in [0.25, 0.3) is 11.1 Å². The number of likely N-dealkylation sites (tertiary alicyclic amines) is 1. The molecule has 1 N–H and O–H groups in total. The van der Waals surface area contributed by atoms with E-state index in [0.29, 0.717) is 16.7 Å². The molecule has 1 fully saturated rings. The van der Waals surface area contributed by atoms with E-state index in [1.807, 2.05) is 44.2 Å². The fourth-order valence-electron chi connectivity index (χ4n) is 5.17. The summed E-state index contributed by atoms with van der Waals surface area (Å²) in [5.74, 6) is -1.84. The van der Waals surface area contributed by atoms with Crippen LogP contribution in [0.2, 0.25) is 0 Å². The number of halogens is 2. The summed E-state index contributed by atoms with van der Waals surface area (Å²) < 4.78 is 28.9. The molecule has 41 heavy (non-hydrogen) atoms. The standard InChI is InChI=1S/C32H37F2N3O4/c1-22(2)35(3)31(40)27-20-37(29(39)18-25(27)23-10-6-4-7-11-23)21-32(41)14-16-36(17-15-32)28(38)19-26(30(33)34)24-12-8-5-9-13-24/h4-13,18,20,22,26,30,41H,14-17,19,21H2,1-3H3/t26-/m0/s1. The molecule has 4 rings (SSSR count). The Labute approximate surface area is 239 Å². The topological polar surface area (TPSA) is 82.8 Å². The number of aliphatic hydroxyl groups is 1. The van der Waals surface area contributed by atoms with Crippen molar-refractivity contribution in [3.8, 4) is 11.1 Å². The van der Waals surface area contributed by atoms with Crippen molar-refractivity contribution in [1.29, 1.82) is 0 Å². The average Bonchev–Trinajstić information content (AvgIpc) is 2.96. The summed E-state index contributed by atoms with van der Waals surface area (Å²) in [7, 11) is 1.70. The Bertz CT molecular complexity index is 1400. The summed E-state index contributed by atoms with van der Waals surface area (Å²) in [6, 6.07) is 18.8. The van der Waals surface area contributed by atoms with Crippen molar-refractivity contribution in [3.05, 3.63) is 94.4 Å². The Balaban J connectivity index is 1.51. The van der Waals surface area contributed by atoms with Crippen molar-refractivity contribution in [2.75, 3.05) is 20.1 Å². The number of carbonyl (C=O) groups is 2. The van der Waals surface area contributed by atoms with Gasteiger partial charge in [-0.15, -0.1) is 0 Å².